The number of nitrogens with zero attached hydrogens (tertiary/aromatic N) is 12. The first kappa shape index (κ1) is 48.4. The van der Waals surface area contributed by atoms with Gasteiger partial charge in [-0.2, -0.15) is 17.8 Å². The standard InChI is InChI=1S/C20H20N6O6S.C19H17ClN6O4.C6H5ClO/c1-12-3-5-15(6-4-12)33(29,30)32-14-7-13(8-14)26-20(28)31-16(23-26)9-25-11-22-18-17(19(25)27)24(2)10-21-18;1-24-9-21-17-16(24)18(27)25(10-22-17)8-15-23-26(19(28)30-15)12-6-14(7-12)29-13-4-2-3-11(20)5-13;7-5-2-1-3-6(8)4-5/h3-6,10-11,13-14H,7-9H2,1-2H3;2-5,9-10,12,14H,6-8H2,1H3;1-4,8H. The monoisotopic (exact) mass is 1030 g/mol. The van der Waals surface area contributed by atoms with E-state index in [2.05, 4.69) is 30.1 Å². The smallest absolute Gasteiger partial charge is 0.437 e. The number of hydrogen-bond donors (Lipinski definition) is 1. The van der Waals surface area contributed by atoms with Gasteiger partial charge in [-0.1, -0.05) is 53.0 Å². The van der Waals surface area contributed by atoms with Crippen molar-refractivity contribution in [1.29, 1.82) is 0 Å². The predicted octanol–water partition coefficient (Wildman–Crippen LogP) is 4.55. The summed E-state index contributed by atoms with van der Waals surface area (Å²) in [5, 5.41) is 18.3. The zero-order chi connectivity index (χ0) is 50.1. The largest absolute Gasteiger partial charge is 0.508 e. The van der Waals surface area contributed by atoms with Crippen molar-refractivity contribution in [2.45, 2.75) is 74.9 Å². The molecule has 23 nitrogen and oxygen atoms in total. The van der Waals surface area contributed by atoms with Gasteiger partial charge in [0.05, 0.1) is 35.7 Å². The van der Waals surface area contributed by atoms with Gasteiger partial charge in [0.2, 0.25) is 11.8 Å². The van der Waals surface area contributed by atoms with E-state index in [0.717, 1.165) is 10.2 Å². The molecule has 0 saturated heterocycles. The highest BCUT2D eigenvalue weighted by molar-refractivity contribution is 7.86. The number of phenols is 1. The van der Waals surface area contributed by atoms with Crippen LogP contribution in [0, 0.1) is 6.92 Å². The van der Waals surface area contributed by atoms with E-state index in [4.69, 9.17) is 46.1 Å². The molecular weight excluding hydrogens is 988 g/mol. The number of rotatable bonds is 11. The van der Waals surface area contributed by atoms with Gasteiger partial charge in [-0.15, -0.1) is 10.2 Å². The van der Waals surface area contributed by atoms with Crippen LogP contribution in [0.4, 0.5) is 0 Å². The molecule has 0 unspecified atom stereocenters. The van der Waals surface area contributed by atoms with Crippen LogP contribution in [0.1, 0.15) is 55.1 Å². The minimum atomic E-state index is -3.89. The van der Waals surface area contributed by atoms with Crippen molar-refractivity contribution >= 4 is 55.6 Å². The van der Waals surface area contributed by atoms with Gasteiger partial charge in [0.15, 0.2) is 22.3 Å². The Balaban J connectivity index is 0.000000152. The molecule has 2 fully saturated rings. The zero-order valence-electron chi connectivity index (χ0n) is 37.9. The van der Waals surface area contributed by atoms with E-state index in [1.807, 2.05) is 19.1 Å². The van der Waals surface area contributed by atoms with Gasteiger partial charge in [-0.25, -0.2) is 29.5 Å². The Labute approximate surface area is 410 Å². The zero-order valence-corrected chi connectivity index (χ0v) is 40.2. The average molecular weight is 1030 g/mol. The molecule has 0 bridgehead atoms. The number of aromatic hydroxyl groups is 1. The Bertz CT molecular complexity index is 3730. The molecule has 1 N–H and O–H groups in total. The van der Waals surface area contributed by atoms with Gasteiger partial charge in [-0.3, -0.25) is 22.9 Å². The van der Waals surface area contributed by atoms with Crippen molar-refractivity contribution in [2.24, 2.45) is 14.1 Å². The lowest BCUT2D eigenvalue weighted by atomic mass is 9.89. The Morgan fingerprint density at radius 3 is 1.62 bits per heavy atom. The second-order valence-electron chi connectivity index (χ2n) is 16.7. The van der Waals surface area contributed by atoms with Gasteiger partial charge in [0, 0.05) is 37.0 Å². The third-order valence-electron chi connectivity index (χ3n) is 11.5. The molecule has 2 aliphatic carbocycles. The van der Waals surface area contributed by atoms with Crippen molar-refractivity contribution in [3.05, 3.63) is 167 Å². The summed E-state index contributed by atoms with van der Waals surface area (Å²) in [7, 11) is -0.489. The summed E-state index contributed by atoms with van der Waals surface area (Å²) in [6.45, 7) is 1.79. The van der Waals surface area contributed by atoms with E-state index < -0.39 is 27.7 Å². The van der Waals surface area contributed by atoms with Crippen LogP contribution >= 0.6 is 23.2 Å². The van der Waals surface area contributed by atoms with Crippen LogP contribution in [0.25, 0.3) is 22.3 Å². The fourth-order valence-corrected chi connectivity index (χ4v) is 9.17. The van der Waals surface area contributed by atoms with Gasteiger partial charge in [0.1, 0.15) is 43.3 Å². The van der Waals surface area contributed by atoms with Crippen LogP contribution < -0.4 is 27.4 Å². The minimum Gasteiger partial charge on any atom is -0.508 e. The van der Waals surface area contributed by atoms with Gasteiger partial charge in [-0.05, 0) is 68.3 Å². The van der Waals surface area contributed by atoms with Crippen LogP contribution in [0.15, 0.2) is 131 Å². The number of aryl methyl sites for hydroxylation is 3. The number of imidazole rings is 2. The number of benzene rings is 3. The molecule has 0 amide bonds. The van der Waals surface area contributed by atoms with Crippen LogP contribution in [0.3, 0.4) is 0 Å². The molecule has 2 saturated carbocycles. The van der Waals surface area contributed by atoms with Crippen molar-refractivity contribution in [2.75, 3.05) is 0 Å². The summed E-state index contributed by atoms with van der Waals surface area (Å²) >= 11 is 11.5. The third-order valence-corrected chi connectivity index (χ3v) is 13.4. The summed E-state index contributed by atoms with van der Waals surface area (Å²) in [4.78, 5) is 66.3. The summed E-state index contributed by atoms with van der Waals surface area (Å²) in [6, 6.07) is 19.6. The lowest BCUT2D eigenvalue weighted by molar-refractivity contribution is 0.0616. The van der Waals surface area contributed by atoms with E-state index >= 15 is 0 Å². The number of phenolic OH excluding ortho intramolecular Hbond substituents is 1. The number of ether oxygens (including phenoxy) is 1. The van der Waals surface area contributed by atoms with E-state index in [-0.39, 0.29) is 64.8 Å². The number of aromatic nitrogens is 12. The molecule has 0 spiro atoms. The maximum atomic E-state index is 12.7. The van der Waals surface area contributed by atoms with Crippen molar-refractivity contribution in [3.8, 4) is 11.5 Å². The first-order valence-corrected chi connectivity index (χ1v) is 23.9. The second kappa shape index (κ2) is 20.0. The maximum absolute atomic E-state index is 12.7. The van der Waals surface area contributed by atoms with E-state index in [1.165, 1.54) is 57.3 Å². The quantitative estimate of drug-likeness (QED) is 0.174. The van der Waals surface area contributed by atoms with Crippen LogP contribution in [0.2, 0.25) is 10.0 Å². The summed E-state index contributed by atoms with van der Waals surface area (Å²) in [5.41, 5.74) is 1.72. The molecular formula is C45H42Cl2N12O11S. The molecule has 9 aromatic rings. The Morgan fingerprint density at radius 2 is 1.14 bits per heavy atom. The van der Waals surface area contributed by atoms with E-state index in [9.17, 15) is 27.6 Å². The van der Waals surface area contributed by atoms with Crippen molar-refractivity contribution in [1.82, 2.24) is 57.8 Å². The average Bonchev–Trinajstić information content (AvgIpc) is 4.08. The normalized spacial score (nSPS) is 17.4. The summed E-state index contributed by atoms with van der Waals surface area (Å²) in [6.07, 6.45) is 6.95. The Morgan fingerprint density at radius 1 is 0.662 bits per heavy atom. The van der Waals surface area contributed by atoms with Gasteiger partial charge in [0.25, 0.3) is 21.2 Å². The van der Waals surface area contributed by atoms with Crippen molar-refractivity contribution < 1.29 is 31.3 Å². The summed E-state index contributed by atoms with van der Waals surface area (Å²) < 4.78 is 54.7. The van der Waals surface area contributed by atoms with Crippen LogP contribution in [-0.4, -0.2) is 83.5 Å². The molecule has 368 valence electrons. The minimum absolute atomic E-state index is 0.00432. The molecule has 3 aromatic carbocycles. The SMILES string of the molecule is Cc1ccc(S(=O)(=O)OC2CC(n3nc(Cn4cnc5ncn(C)c5c4=O)oc3=O)C2)cc1.Cn1cnc2ncn(Cc3nn(C4CC(Oc5cccc(Cl)c5)C4)c(=O)o3)c(=O)c21.Oc1cccc(Cl)c1. The molecule has 0 aliphatic heterocycles. The Kier molecular flexibility index (Phi) is 13.6. The molecule has 26 heteroatoms. The molecule has 11 rings (SSSR count). The highest BCUT2D eigenvalue weighted by Gasteiger charge is 2.38. The van der Waals surface area contributed by atoms with Crippen LogP contribution in [-0.2, 0) is 41.5 Å². The lowest BCUT2D eigenvalue weighted by Gasteiger charge is -2.34. The van der Waals surface area contributed by atoms with E-state index in [0.29, 0.717) is 63.8 Å². The van der Waals surface area contributed by atoms with E-state index in [1.54, 1.807) is 65.7 Å². The first-order chi connectivity index (χ1) is 34.0. The highest BCUT2D eigenvalue weighted by atomic mass is 35.5. The molecule has 0 radical (unpaired) electrons. The molecule has 0 atom stereocenters. The molecule has 71 heavy (non-hydrogen) atoms. The maximum Gasteiger partial charge on any atom is 0.437 e. The molecule has 6 aromatic heterocycles. The van der Waals surface area contributed by atoms with Crippen molar-refractivity contribution in [3.63, 3.8) is 0 Å². The summed E-state index contributed by atoms with van der Waals surface area (Å²) in [5.74, 6) is -0.156. The number of fused-ring (bicyclic) bond motifs is 2. The fourth-order valence-electron chi connectivity index (χ4n) is 7.71. The number of hydrogen-bond acceptors (Lipinski definition) is 17. The number of halogens is 2. The van der Waals surface area contributed by atoms with Gasteiger partial charge >= 0.3 is 11.5 Å². The predicted molar refractivity (Wildman–Crippen MR) is 254 cm³/mol. The third kappa shape index (κ3) is 10.7. The fraction of sp³-hybridized carbons (Fsp3) is 0.289. The topological polar surface area (TPSA) is 274 Å². The van der Waals surface area contributed by atoms with Gasteiger partial charge < -0.3 is 27.8 Å². The second-order valence-corrected chi connectivity index (χ2v) is 19.2. The Hall–Kier alpha value is -7.67. The molecule has 6 heterocycles. The van der Waals surface area contributed by atoms with Crippen LogP contribution in [0.5, 0.6) is 11.5 Å². The molecule has 2 aliphatic rings. The first-order valence-electron chi connectivity index (χ1n) is 21.7. The highest BCUT2D eigenvalue weighted by Crippen LogP contribution is 2.36. The lowest BCUT2D eigenvalue weighted by Crippen LogP contribution is -2.39.